The summed E-state index contributed by atoms with van der Waals surface area (Å²) >= 11 is 0. The van der Waals surface area contributed by atoms with Gasteiger partial charge in [0.15, 0.2) is 0 Å². The first-order valence-corrected chi connectivity index (χ1v) is 7.74. The Hall–Kier alpha value is -0.630. The van der Waals surface area contributed by atoms with Gasteiger partial charge >= 0.3 is 0 Å². The van der Waals surface area contributed by atoms with Gasteiger partial charge < -0.3 is 0 Å². The fourth-order valence-electron chi connectivity index (χ4n) is 3.15. The molecule has 0 spiro atoms. The fourth-order valence-corrected chi connectivity index (χ4v) is 3.15. The molecule has 1 rings (SSSR count). The molecule has 116 valence electrons. The van der Waals surface area contributed by atoms with Gasteiger partial charge in [-0.25, -0.2) is 0 Å². The van der Waals surface area contributed by atoms with Crippen molar-refractivity contribution in [2.75, 3.05) is 26.7 Å². The van der Waals surface area contributed by atoms with Gasteiger partial charge in [0.25, 0.3) is 0 Å². The molecule has 0 saturated carbocycles. The molecule has 0 aromatic rings. The van der Waals surface area contributed by atoms with Crippen molar-refractivity contribution >= 4 is 0 Å². The first-order chi connectivity index (χ1) is 9.09. The van der Waals surface area contributed by atoms with Crippen LogP contribution in [0.1, 0.15) is 48.0 Å². The van der Waals surface area contributed by atoms with Gasteiger partial charge in [-0.3, -0.25) is 15.1 Å². The van der Waals surface area contributed by atoms with E-state index in [2.05, 4.69) is 62.9 Å². The number of nitrogens with zero attached hydrogens (tertiary/aromatic N) is 3. The van der Waals surface area contributed by atoms with Crippen LogP contribution in [-0.4, -0.2) is 59.6 Å². The molecular weight excluding hydrogens is 248 g/mol. The van der Waals surface area contributed by atoms with Crippen LogP contribution in [0.2, 0.25) is 0 Å². The zero-order valence-electron chi connectivity index (χ0n) is 14.3. The maximum Gasteiger partial charge on any atom is 0.105 e. The Morgan fingerprint density at radius 1 is 1.30 bits per heavy atom. The third-order valence-corrected chi connectivity index (χ3v) is 4.53. The zero-order valence-corrected chi connectivity index (χ0v) is 14.3. The van der Waals surface area contributed by atoms with E-state index in [1.165, 1.54) is 0 Å². The maximum absolute atomic E-state index is 9.49. The summed E-state index contributed by atoms with van der Waals surface area (Å²) in [6.07, 6.45) is 0.863. The molecule has 4 heteroatoms. The van der Waals surface area contributed by atoms with Crippen molar-refractivity contribution in [3.8, 4) is 6.07 Å². The minimum absolute atomic E-state index is 0.209. The van der Waals surface area contributed by atoms with Crippen molar-refractivity contribution < 1.29 is 0 Å². The summed E-state index contributed by atoms with van der Waals surface area (Å²) in [6.45, 7) is 16.3. The van der Waals surface area contributed by atoms with Crippen molar-refractivity contribution in [1.82, 2.24) is 15.1 Å². The van der Waals surface area contributed by atoms with Crippen LogP contribution in [0.3, 0.4) is 0 Å². The first-order valence-electron chi connectivity index (χ1n) is 7.74. The summed E-state index contributed by atoms with van der Waals surface area (Å²) in [5.74, 6) is 0. The van der Waals surface area contributed by atoms with Gasteiger partial charge in [0, 0.05) is 37.3 Å². The number of likely N-dealkylation sites (N-methyl/N-ethyl adjacent to an activating group) is 1. The second-order valence-corrected chi connectivity index (χ2v) is 7.50. The fraction of sp³-hybridized carbons (Fsp3) is 0.938. The molecule has 2 atom stereocenters. The number of hydrogen-bond donors (Lipinski definition) is 1. The van der Waals surface area contributed by atoms with Gasteiger partial charge in [-0.2, -0.15) is 5.26 Å². The highest BCUT2D eigenvalue weighted by Gasteiger charge is 2.35. The molecule has 0 radical (unpaired) electrons. The van der Waals surface area contributed by atoms with Crippen molar-refractivity contribution in [3.63, 3.8) is 0 Å². The summed E-state index contributed by atoms with van der Waals surface area (Å²) < 4.78 is 0. The highest BCUT2D eigenvalue weighted by Crippen LogP contribution is 2.24. The molecule has 1 heterocycles. The molecular formula is C16H32N4. The molecule has 1 aliphatic heterocycles. The average Bonchev–Trinajstić information content (AvgIpc) is 2.31. The van der Waals surface area contributed by atoms with Crippen LogP contribution < -0.4 is 5.32 Å². The van der Waals surface area contributed by atoms with E-state index in [0.29, 0.717) is 12.1 Å². The lowest BCUT2D eigenvalue weighted by molar-refractivity contribution is 0.0147. The molecule has 1 N–H and O–H groups in total. The Bertz CT molecular complexity index is 358. The third-order valence-electron chi connectivity index (χ3n) is 4.53. The Kier molecular flexibility index (Phi) is 5.60. The van der Waals surface area contributed by atoms with Crippen LogP contribution in [0.15, 0.2) is 0 Å². The number of hydrogen-bond acceptors (Lipinski definition) is 4. The first kappa shape index (κ1) is 17.4. The highest BCUT2D eigenvalue weighted by molar-refractivity contribution is 5.06. The lowest BCUT2D eigenvalue weighted by atomic mass is 9.91. The summed E-state index contributed by atoms with van der Waals surface area (Å²) in [7, 11) is 2.20. The molecule has 0 aliphatic carbocycles. The summed E-state index contributed by atoms with van der Waals surface area (Å²) in [5.41, 5.74) is -0.234. The van der Waals surface area contributed by atoms with E-state index in [0.717, 1.165) is 26.1 Å². The highest BCUT2D eigenvalue weighted by atomic mass is 15.3. The molecule has 1 saturated heterocycles. The van der Waals surface area contributed by atoms with Crippen LogP contribution in [0.4, 0.5) is 0 Å². The molecule has 0 aromatic heterocycles. The van der Waals surface area contributed by atoms with E-state index in [9.17, 15) is 5.26 Å². The quantitative estimate of drug-likeness (QED) is 0.837. The predicted molar refractivity (Wildman–Crippen MR) is 84.7 cm³/mol. The normalized spacial score (nSPS) is 25.1. The van der Waals surface area contributed by atoms with Crippen molar-refractivity contribution in [2.24, 2.45) is 0 Å². The molecule has 20 heavy (non-hydrogen) atoms. The van der Waals surface area contributed by atoms with Gasteiger partial charge in [0.2, 0.25) is 0 Å². The van der Waals surface area contributed by atoms with E-state index in [-0.39, 0.29) is 5.54 Å². The largest absolute Gasteiger partial charge is 0.299 e. The van der Waals surface area contributed by atoms with Crippen molar-refractivity contribution in [3.05, 3.63) is 0 Å². The Morgan fingerprint density at radius 3 is 2.35 bits per heavy atom. The predicted octanol–water partition coefficient (Wildman–Crippen LogP) is 2.07. The number of rotatable bonds is 5. The van der Waals surface area contributed by atoms with Crippen LogP contribution in [0, 0.1) is 11.3 Å². The Morgan fingerprint density at radius 2 is 1.90 bits per heavy atom. The van der Waals surface area contributed by atoms with Gasteiger partial charge in [0.1, 0.15) is 5.54 Å². The summed E-state index contributed by atoms with van der Waals surface area (Å²) in [6, 6.07) is 3.21. The third kappa shape index (κ3) is 4.44. The van der Waals surface area contributed by atoms with Gasteiger partial charge in [-0.05, 0) is 55.0 Å². The molecule has 0 bridgehead atoms. The van der Waals surface area contributed by atoms with Crippen LogP contribution in [0.25, 0.3) is 0 Å². The molecule has 1 aliphatic rings. The minimum Gasteiger partial charge on any atom is -0.299 e. The van der Waals surface area contributed by atoms with Crippen molar-refractivity contribution in [2.45, 2.75) is 71.1 Å². The molecule has 2 unspecified atom stereocenters. The van der Waals surface area contributed by atoms with E-state index < -0.39 is 5.54 Å². The monoisotopic (exact) mass is 280 g/mol. The molecule has 1 fully saturated rings. The topological polar surface area (TPSA) is 42.3 Å². The number of nitriles is 1. The van der Waals surface area contributed by atoms with E-state index >= 15 is 0 Å². The average molecular weight is 280 g/mol. The van der Waals surface area contributed by atoms with E-state index in [1.54, 1.807) is 0 Å². The minimum atomic E-state index is -0.443. The second kappa shape index (κ2) is 6.43. The van der Waals surface area contributed by atoms with Gasteiger partial charge in [-0.1, -0.05) is 0 Å². The number of nitrogens with one attached hydrogen (secondary N) is 1. The standard InChI is InChI=1S/C16H32N4/c1-13(2)18-16(6,11-17)10-14(3)20-9-8-19(7)15(4,5)12-20/h13-14,18H,8-10,12H2,1-7H3. The zero-order chi connectivity index (χ0) is 15.6. The lowest BCUT2D eigenvalue weighted by Gasteiger charge is -2.48. The SMILES string of the molecule is CC(C)NC(C)(C#N)CC(C)N1CCN(C)C(C)(C)C1. The van der Waals surface area contributed by atoms with Crippen LogP contribution >= 0.6 is 0 Å². The van der Waals surface area contributed by atoms with Gasteiger partial charge in [-0.15, -0.1) is 0 Å². The summed E-state index contributed by atoms with van der Waals surface area (Å²) in [4.78, 5) is 4.95. The number of piperazine rings is 1. The smallest absolute Gasteiger partial charge is 0.105 e. The molecule has 0 aromatic carbocycles. The van der Waals surface area contributed by atoms with E-state index in [4.69, 9.17) is 0 Å². The van der Waals surface area contributed by atoms with Gasteiger partial charge in [0.05, 0.1) is 6.07 Å². The van der Waals surface area contributed by atoms with E-state index in [1.807, 2.05) is 6.92 Å². The molecule has 4 nitrogen and oxygen atoms in total. The van der Waals surface area contributed by atoms with Crippen LogP contribution in [-0.2, 0) is 0 Å². The lowest BCUT2D eigenvalue weighted by Crippen LogP contribution is -2.60. The van der Waals surface area contributed by atoms with Crippen LogP contribution in [0.5, 0.6) is 0 Å². The molecule has 0 amide bonds. The van der Waals surface area contributed by atoms with Crippen molar-refractivity contribution in [1.29, 1.82) is 5.26 Å². The maximum atomic E-state index is 9.49. The Balaban J connectivity index is 2.67. The Labute approximate surface area is 125 Å². The second-order valence-electron chi connectivity index (χ2n) is 7.50. The summed E-state index contributed by atoms with van der Waals surface area (Å²) in [5, 5.41) is 12.9.